The zero-order valence-electron chi connectivity index (χ0n) is 13.6. The maximum absolute atomic E-state index is 13.2. The van der Waals surface area contributed by atoms with Crippen molar-refractivity contribution in [2.75, 3.05) is 0 Å². The molecule has 2 N–H and O–H groups in total. The Hall–Kier alpha value is -2.37. The molecule has 1 atom stereocenters. The van der Waals surface area contributed by atoms with Gasteiger partial charge in [-0.2, -0.15) is 0 Å². The Kier molecular flexibility index (Phi) is 4.83. The predicted octanol–water partition coefficient (Wildman–Crippen LogP) is 3.33. The molecule has 1 aliphatic heterocycles. The smallest absolute Gasteiger partial charge is 0.338 e. The highest BCUT2D eigenvalue weighted by atomic mass is 19.1. The summed E-state index contributed by atoms with van der Waals surface area (Å²) < 4.78 is 18.8. The molecule has 1 fully saturated rings. The van der Waals surface area contributed by atoms with E-state index in [-0.39, 0.29) is 11.9 Å². The van der Waals surface area contributed by atoms with Gasteiger partial charge in [0.2, 0.25) is 0 Å². The molecule has 128 valence electrons. The second-order valence-electron chi connectivity index (χ2n) is 6.29. The number of amides is 2. The van der Waals surface area contributed by atoms with Crippen molar-refractivity contribution in [3.05, 3.63) is 46.9 Å². The van der Waals surface area contributed by atoms with Gasteiger partial charge in [-0.3, -0.25) is 0 Å². The first kappa shape index (κ1) is 16.5. The number of rotatable bonds is 3. The molecule has 1 aliphatic carbocycles. The fraction of sp³-hybridized carbons (Fsp3) is 0.444. The van der Waals surface area contributed by atoms with Crippen LogP contribution in [0.25, 0.3) is 0 Å². The predicted molar refractivity (Wildman–Crippen MR) is 86.5 cm³/mol. The number of nitrogens with one attached hydrogen (secondary N) is 2. The largest absolute Gasteiger partial charge is 0.459 e. The monoisotopic (exact) mass is 332 g/mol. The van der Waals surface area contributed by atoms with Crippen molar-refractivity contribution in [2.24, 2.45) is 0 Å². The topological polar surface area (TPSA) is 67.4 Å². The molecule has 3 rings (SSSR count). The summed E-state index contributed by atoms with van der Waals surface area (Å²) in [6.45, 7) is 1.67. The summed E-state index contributed by atoms with van der Waals surface area (Å²) in [7, 11) is 0. The highest BCUT2D eigenvalue weighted by Gasteiger charge is 2.33. The molecule has 5 nitrogen and oxygen atoms in total. The normalized spacial score (nSPS) is 21.9. The zero-order valence-corrected chi connectivity index (χ0v) is 13.6. The first-order valence-electron chi connectivity index (χ1n) is 8.29. The van der Waals surface area contributed by atoms with E-state index in [9.17, 15) is 14.0 Å². The molecule has 6 heteroatoms. The zero-order chi connectivity index (χ0) is 17.1. The fourth-order valence-corrected chi connectivity index (χ4v) is 3.27. The number of ether oxygens (including phenoxy) is 1. The lowest BCUT2D eigenvalue weighted by atomic mass is 9.94. The standard InChI is InChI=1S/C18H21FN2O3/c1-11-15(17(22)24-14-5-3-2-4-6-14)16(21-18(23)20-11)12-7-9-13(19)10-8-12/h7-10,14,16H,2-6H2,1H3,(H2,20,21,23)/t16-/m0/s1. The Labute approximate surface area is 140 Å². The summed E-state index contributed by atoms with van der Waals surface area (Å²) >= 11 is 0. The van der Waals surface area contributed by atoms with E-state index in [2.05, 4.69) is 10.6 Å². The molecule has 0 aromatic heterocycles. The quantitative estimate of drug-likeness (QED) is 0.834. The highest BCUT2D eigenvalue weighted by molar-refractivity contribution is 5.95. The van der Waals surface area contributed by atoms with Crippen LogP contribution in [0.3, 0.4) is 0 Å². The van der Waals surface area contributed by atoms with Gasteiger partial charge in [0.15, 0.2) is 0 Å². The first-order valence-corrected chi connectivity index (χ1v) is 8.29. The van der Waals surface area contributed by atoms with Crippen LogP contribution < -0.4 is 10.6 Å². The number of halogens is 1. The molecule has 1 aromatic carbocycles. The molecule has 0 unspecified atom stereocenters. The SMILES string of the molecule is CC1=C(C(=O)OC2CCCCC2)[C@H](c2ccc(F)cc2)NC(=O)N1. The number of hydrogen-bond donors (Lipinski definition) is 2. The molecule has 1 heterocycles. The minimum Gasteiger partial charge on any atom is -0.459 e. The Morgan fingerprint density at radius 1 is 1.17 bits per heavy atom. The van der Waals surface area contributed by atoms with Crippen LogP contribution >= 0.6 is 0 Å². The van der Waals surface area contributed by atoms with E-state index >= 15 is 0 Å². The van der Waals surface area contributed by atoms with Crippen LogP contribution in [0, 0.1) is 5.82 Å². The maximum Gasteiger partial charge on any atom is 0.338 e. The Balaban J connectivity index is 1.85. The molecule has 0 radical (unpaired) electrons. The van der Waals surface area contributed by atoms with Gasteiger partial charge >= 0.3 is 12.0 Å². The summed E-state index contributed by atoms with van der Waals surface area (Å²) in [5, 5.41) is 5.33. The summed E-state index contributed by atoms with van der Waals surface area (Å²) in [5.41, 5.74) is 1.47. The molecule has 2 aliphatic rings. The second kappa shape index (κ2) is 7.03. The molecule has 0 spiro atoms. The van der Waals surface area contributed by atoms with Crippen molar-refractivity contribution >= 4 is 12.0 Å². The maximum atomic E-state index is 13.2. The van der Waals surface area contributed by atoms with Gasteiger partial charge in [-0.15, -0.1) is 0 Å². The van der Waals surface area contributed by atoms with E-state index in [1.807, 2.05) is 0 Å². The van der Waals surface area contributed by atoms with Crippen LogP contribution in [0.5, 0.6) is 0 Å². The minimum atomic E-state index is -0.643. The van der Waals surface area contributed by atoms with Crippen molar-refractivity contribution in [1.82, 2.24) is 10.6 Å². The fourth-order valence-electron chi connectivity index (χ4n) is 3.27. The van der Waals surface area contributed by atoms with Gasteiger partial charge in [0.1, 0.15) is 11.9 Å². The molecule has 0 bridgehead atoms. The van der Waals surface area contributed by atoms with Crippen LogP contribution in [-0.2, 0) is 9.53 Å². The van der Waals surface area contributed by atoms with E-state index < -0.39 is 18.0 Å². The molecule has 1 aromatic rings. The van der Waals surface area contributed by atoms with Crippen molar-refractivity contribution < 1.29 is 18.7 Å². The summed E-state index contributed by atoms with van der Waals surface area (Å²) in [5.74, 6) is -0.799. The number of benzene rings is 1. The number of hydrogen-bond acceptors (Lipinski definition) is 3. The van der Waals surface area contributed by atoms with Crippen molar-refractivity contribution in [1.29, 1.82) is 0 Å². The second-order valence-corrected chi connectivity index (χ2v) is 6.29. The minimum absolute atomic E-state index is 0.0713. The Bertz CT molecular complexity index is 663. The van der Waals surface area contributed by atoms with Crippen LogP contribution in [0.15, 0.2) is 35.5 Å². The molecule has 0 saturated heterocycles. The van der Waals surface area contributed by atoms with Crippen LogP contribution in [0.1, 0.15) is 50.6 Å². The van der Waals surface area contributed by atoms with Crippen LogP contribution in [0.2, 0.25) is 0 Å². The molecule has 1 saturated carbocycles. The van der Waals surface area contributed by atoms with Crippen molar-refractivity contribution in [3.63, 3.8) is 0 Å². The Morgan fingerprint density at radius 3 is 2.50 bits per heavy atom. The van der Waals surface area contributed by atoms with Gasteiger partial charge < -0.3 is 15.4 Å². The summed E-state index contributed by atoms with van der Waals surface area (Å²) in [6.07, 6.45) is 4.97. The average molecular weight is 332 g/mol. The van der Waals surface area contributed by atoms with Gasteiger partial charge in [0.05, 0.1) is 11.6 Å². The first-order chi connectivity index (χ1) is 11.5. The van der Waals surface area contributed by atoms with Crippen LogP contribution in [0.4, 0.5) is 9.18 Å². The molecular weight excluding hydrogens is 311 g/mol. The lowest BCUT2D eigenvalue weighted by molar-refractivity contribution is -0.146. The van der Waals surface area contributed by atoms with Gasteiger partial charge in [0, 0.05) is 5.70 Å². The van der Waals surface area contributed by atoms with E-state index in [0.717, 1.165) is 25.7 Å². The van der Waals surface area contributed by atoms with Gasteiger partial charge in [0.25, 0.3) is 0 Å². The Morgan fingerprint density at radius 2 is 1.83 bits per heavy atom. The van der Waals surface area contributed by atoms with Crippen molar-refractivity contribution in [2.45, 2.75) is 51.2 Å². The number of carbonyl (C=O) groups excluding carboxylic acids is 2. The lowest BCUT2D eigenvalue weighted by Gasteiger charge is -2.30. The van der Waals surface area contributed by atoms with E-state index in [4.69, 9.17) is 4.74 Å². The summed E-state index contributed by atoms with van der Waals surface area (Å²) in [6, 6.07) is 4.71. The van der Waals surface area contributed by atoms with Gasteiger partial charge in [-0.25, -0.2) is 14.0 Å². The summed E-state index contributed by atoms with van der Waals surface area (Å²) in [4.78, 5) is 24.5. The van der Waals surface area contributed by atoms with Gasteiger partial charge in [-0.1, -0.05) is 18.6 Å². The number of carbonyl (C=O) groups is 2. The third kappa shape index (κ3) is 3.58. The number of urea groups is 1. The van der Waals surface area contributed by atoms with E-state index in [1.165, 1.54) is 18.6 Å². The molecular formula is C18H21FN2O3. The van der Waals surface area contributed by atoms with Gasteiger partial charge in [-0.05, 0) is 50.3 Å². The third-order valence-corrected chi connectivity index (χ3v) is 4.52. The molecule has 24 heavy (non-hydrogen) atoms. The van der Waals surface area contributed by atoms with E-state index in [0.29, 0.717) is 16.8 Å². The van der Waals surface area contributed by atoms with Crippen molar-refractivity contribution in [3.8, 4) is 0 Å². The highest BCUT2D eigenvalue weighted by Crippen LogP contribution is 2.29. The lowest BCUT2D eigenvalue weighted by Crippen LogP contribution is -2.45. The molecule has 2 amide bonds. The van der Waals surface area contributed by atoms with E-state index in [1.54, 1.807) is 19.1 Å². The number of esters is 1. The number of allylic oxidation sites excluding steroid dienone is 1. The van der Waals surface area contributed by atoms with Crippen LogP contribution in [-0.4, -0.2) is 18.1 Å². The average Bonchev–Trinajstić information content (AvgIpc) is 2.55. The third-order valence-electron chi connectivity index (χ3n) is 4.52.